The maximum absolute atomic E-state index is 2.26. The molecule has 0 amide bonds. The van der Waals surface area contributed by atoms with E-state index in [4.69, 9.17) is 0 Å². The number of allylic oxidation sites excluding steroid dienone is 1. The molecule has 2 aromatic rings. The number of benzene rings is 1. The smallest absolute Gasteiger partial charge is 0.0493 e. The van der Waals surface area contributed by atoms with Crippen LogP contribution in [0, 0.1) is 0 Å². The molecule has 0 bridgehead atoms. The van der Waals surface area contributed by atoms with E-state index in [9.17, 15) is 0 Å². The molecule has 3 rings (SSSR count). The lowest BCUT2D eigenvalue weighted by molar-refractivity contribution is 0.944. The molecule has 74 valence electrons. The molecule has 15 heavy (non-hydrogen) atoms. The molecule has 0 fully saturated rings. The Morgan fingerprint density at radius 1 is 1.07 bits per heavy atom. The Morgan fingerprint density at radius 3 is 2.87 bits per heavy atom. The van der Waals surface area contributed by atoms with Crippen LogP contribution in [0.2, 0.25) is 0 Å². The van der Waals surface area contributed by atoms with Gasteiger partial charge in [0, 0.05) is 23.5 Å². The predicted molar refractivity (Wildman–Crippen MR) is 63.2 cm³/mol. The highest BCUT2D eigenvalue weighted by Gasteiger charge is 2.13. The molecule has 2 heterocycles. The third-order valence-electron chi connectivity index (χ3n) is 3.02. The fraction of sp³-hybridized carbons (Fsp3) is 0.143. The molecule has 0 radical (unpaired) electrons. The molecule has 0 aliphatic carbocycles. The van der Waals surface area contributed by atoms with E-state index in [-0.39, 0.29) is 0 Å². The highest BCUT2D eigenvalue weighted by atomic mass is 15.0. The fourth-order valence-electron chi connectivity index (χ4n) is 2.19. The Hall–Kier alpha value is -1.76. The Balaban J connectivity index is 2.34. The van der Waals surface area contributed by atoms with Gasteiger partial charge in [-0.15, -0.1) is 0 Å². The van der Waals surface area contributed by atoms with Crippen molar-refractivity contribution in [3.8, 4) is 5.69 Å². The van der Waals surface area contributed by atoms with E-state index >= 15 is 0 Å². The van der Waals surface area contributed by atoms with Crippen LogP contribution in [0.25, 0.3) is 11.8 Å². The van der Waals surface area contributed by atoms with Gasteiger partial charge < -0.3 is 4.57 Å². The first-order valence-electron chi connectivity index (χ1n) is 5.31. The van der Waals surface area contributed by atoms with E-state index in [2.05, 4.69) is 66.2 Å². The van der Waals surface area contributed by atoms with Gasteiger partial charge >= 0.3 is 0 Å². The van der Waals surface area contributed by atoms with Crippen molar-refractivity contribution in [3.05, 3.63) is 59.9 Å². The van der Waals surface area contributed by atoms with Crippen LogP contribution in [0.5, 0.6) is 0 Å². The molecular formula is C14H13N. The summed E-state index contributed by atoms with van der Waals surface area (Å²) in [6.45, 7) is 2.24. The molecule has 1 aliphatic heterocycles. The summed E-state index contributed by atoms with van der Waals surface area (Å²) >= 11 is 0. The second kappa shape index (κ2) is 3.13. The molecule has 0 N–H and O–H groups in total. The molecule has 1 aromatic carbocycles. The van der Waals surface area contributed by atoms with Crippen LogP contribution >= 0.6 is 0 Å². The summed E-state index contributed by atoms with van der Waals surface area (Å²) in [5.41, 5.74) is 3.95. The van der Waals surface area contributed by atoms with Crippen LogP contribution in [0.3, 0.4) is 0 Å². The molecule has 1 aromatic heterocycles. The number of hydrogen-bond acceptors (Lipinski definition) is 0. The molecule has 1 nitrogen and oxygen atoms in total. The van der Waals surface area contributed by atoms with Gasteiger partial charge in [-0.25, -0.2) is 0 Å². The molecular weight excluding hydrogens is 182 g/mol. The van der Waals surface area contributed by atoms with Crippen molar-refractivity contribution >= 4 is 6.08 Å². The first kappa shape index (κ1) is 8.54. The van der Waals surface area contributed by atoms with Crippen molar-refractivity contribution in [1.29, 1.82) is 0 Å². The lowest BCUT2D eigenvalue weighted by atomic mass is 9.99. The van der Waals surface area contributed by atoms with E-state index in [1.807, 2.05) is 0 Å². The molecule has 0 spiro atoms. The van der Waals surface area contributed by atoms with Crippen molar-refractivity contribution in [2.24, 2.45) is 0 Å². The second-order valence-corrected chi connectivity index (χ2v) is 4.01. The van der Waals surface area contributed by atoms with Crippen LogP contribution in [0.4, 0.5) is 0 Å². The van der Waals surface area contributed by atoms with Crippen LogP contribution < -0.4 is 0 Å². The Kier molecular flexibility index (Phi) is 1.78. The van der Waals surface area contributed by atoms with Crippen LogP contribution in [0.1, 0.15) is 24.1 Å². The third-order valence-corrected chi connectivity index (χ3v) is 3.02. The van der Waals surface area contributed by atoms with Crippen molar-refractivity contribution in [2.75, 3.05) is 0 Å². The average molecular weight is 195 g/mol. The summed E-state index contributed by atoms with van der Waals surface area (Å²) in [5, 5.41) is 0. The van der Waals surface area contributed by atoms with E-state index < -0.39 is 0 Å². The number of para-hydroxylation sites is 1. The highest BCUT2D eigenvalue weighted by Crippen LogP contribution is 2.29. The molecule has 1 heteroatoms. The van der Waals surface area contributed by atoms with Gasteiger partial charge in [0.15, 0.2) is 0 Å². The zero-order valence-corrected chi connectivity index (χ0v) is 8.72. The average Bonchev–Trinajstić information content (AvgIpc) is 2.69. The second-order valence-electron chi connectivity index (χ2n) is 4.01. The molecule has 0 saturated heterocycles. The third kappa shape index (κ3) is 1.23. The first-order chi connectivity index (χ1) is 7.36. The van der Waals surface area contributed by atoms with Gasteiger partial charge in [-0.3, -0.25) is 0 Å². The Labute approximate surface area is 89.7 Å². The predicted octanol–water partition coefficient (Wildman–Crippen LogP) is 3.61. The molecule has 1 unspecified atom stereocenters. The molecule has 1 atom stereocenters. The zero-order valence-electron chi connectivity index (χ0n) is 8.72. The minimum atomic E-state index is 0.487. The van der Waals surface area contributed by atoms with Gasteiger partial charge in [-0.1, -0.05) is 31.2 Å². The number of aromatic nitrogens is 1. The van der Waals surface area contributed by atoms with Crippen LogP contribution in [0.15, 0.2) is 48.7 Å². The van der Waals surface area contributed by atoms with Crippen molar-refractivity contribution in [1.82, 2.24) is 4.57 Å². The Bertz CT molecular complexity index is 520. The summed E-state index contributed by atoms with van der Waals surface area (Å²) < 4.78 is 2.25. The molecule has 1 aliphatic rings. The van der Waals surface area contributed by atoms with Gasteiger partial charge in [-0.05, 0) is 29.8 Å². The van der Waals surface area contributed by atoms with Crippen molar-refractivity contribution in [3.63, 3.8) is 0 Å². The summed E-state index contributed by atoms with van der Waals surface area (Å²) in [6, 6.07) is 12.8. The van der Waals surface area contributed by atoms with Crippen LogP contribution in [-0.4, -0.2) is 4.57 Å². The maximum atomic E-state index is 2.26. The quantitative estimate of drug-likeness (QED) is 0.605. The minimum Gasteiger partial charge on any atom is -0.317 e. The summed E-state index contributed by atoms with van der Waals surface area (Å²) in [5.74, 6) is 0.487. The molecule has 0 saturated carbocycles. The number of fused-ring (bicyclic) bond motifs is 3. The fourth-order valence-corrected chi connectivity index (χ4v) is 2.19. The number of hydrogen-bond donors (Lipinski definition) is 0. The number of nitrogens with zero attached hydrogens (tertiary/aromatic N) is 1. The van der Waals surface area contributed by atoms with Gasteiger partial charge in [0.1, 0.15) is 0 Å². The topological polar surface area (TPSA) is 4.93 Å². The highest BCUT2D eigenvalue weighted by molar-refractivity contribution is 5.58. The minimum absolute atomic E-state index is 0.487. The normalized spacial score (nSPS) is 18.1. The van der Waals surface area contributed by atoms with Gasteiger partial charge in [0.2, 0.25) is 0 Å². The summed E-state index contributed by atoms with van der Waals surface area (Å²) in [6.07, 6.45) is 6.58. The Morgan fingerprint density at radius 2 is 1.93 bits per heavy atom. The summed E-state index contributed by atoms with van der Waals surface area (Å²) in [7, 11) is 0. The number of rotatable bonds is 0. The monoisotopic (exact) mass is 195 g/mol. The largest absolute Gasteiger partial charge is 0.317 e. The lowest BCUT2D eigenvalue weighted by Gasteiger charge is -2.12. The zero-order chi connectivity index (χ0) is 10.3. The maximum Gasteiger partial charge on any atom is 0.0493 e. The van der Waals surface area contributed by atoms with E-state index in [0.29, 0.717) is 5.92 Å². The van der Waals surface area contributed by atoms with Crippen molar-refractivity contribution < 1.29 is 0 Å². The SMILES string of the molecule is CC1C=Cc2cccn2-c2ccccc21. The van der Waals surface area contributed by atoms with Crippen LogP contribution in [-0.2, 0) is 0 Å². The van der Waals surface area contributed by atoms with Gasteiger partial charge in [0.05, 0.1) is 0 Å². The first-order valence-corrected chi connectivity index (χ1v) is 5.31. The summed E-state index contributed by atoms with van der Waals surface area (Å²) in [4.78, 5) is 0. The van der Waals surface area contributed by atoms with E-state index in [1.54, 1.807) is 0 Å². The van der Waals surface area contributed by atoms with Gasteiger partial charge in [-0.2, -0.15) is 0 Å². The van der Waals surface area contributed by atoms with Crippen molar-refractivity contribution in [2.45, 2.75) is 12.8 Å². The lowest BCUT2D eigenvalue weighted by Crippen LogP contribution is -1.98. The standard InChI is InChI=1S/C14H13N/c1-11-8-9-12-5-4-10-15(12)14-7-3-2-6-13(11)14/h2-11H,1H3. The van der Waals surface area contributed by atoms with E-state index in [0.717, 1.165) is 0 Å². The van der Waals surface area contributed by atoms with E-state index in [1.165, 1.54) is 16.9 Å². The van der Waals surface area contributed by atoms with Gasteiger partial charge in [0.25, 0.3) is 0 Å².